The van der Waals surface area contributed by atoms with E-state index < -0.39 is 0 Å². The number of ether oxygens (including phenoxy) is 1. The minimum atomic E-state index is 0.0677. The van der Waals surface area contributed by atoms with Gasteiger partial charge in [-0.25, -0.2) is 0 Å². The first-order valence-corrected chi connectivity index (χ1v) is 7.95. The summed E-state index contributed by atoms with van der Waals surface area (Å²) in [6, 6.07) is 10.7. The van der Waals surface area contributed by atoms with Crippen molar-refractivity contribution in [3.05, 3.63) is 62.6 Å². The molecule has 8 heteroatoms. The van der Waals surface area contributed by atoms with Gasteiger partial charge in [0.05, 0.1) is 16.3 Å². The summed E-state index contributed by atoms with van der Waals surface area (Å²) in [5.41, 5.74) is 9.23. The highest BCUT2D eigenvalue weighted by Gasteiger charge is 2.10. The number of halogens is 3. The van der Waals surface area contributed by atoms with Crippen molar-refractivity contribution in [3.63, 3.8) is 0 Å². The fourth-order valence-corrected chi connectivity index (χ4v) is 2.58. The van der Waals surface area contributed by atoms with Crippen molar-refractivity contribution in [2.45, 2.75) is 6.61 Å². The number of rotatable bonds is 5. The van der Waals surface area contributed by atoms with Gasteiger partial charge in [0.2, 0.25) is 0 Å². The van der Waals surface area contributed by atoms with Crippen molar-refractivity contribution in [1.29, 1.82) is 0 Å². The van der Waals surface area contributed by atoms with Gasteiger partial charge in [-0.05, 0) is 36.0 Å². The zero-order valence-corrected chi connectivity index (χ0v) is 14.8. The van der Waals surface area contributed by atoms with Gasteiger partial charge in [-0.3, -0.25) is 5.43 Å². The molecule has 0 radical (unpaired) electrons. The Morgan fingerprint density at radius 1 is 1.17 bits per heavy atom. The van der Waals surface area contributed by atoms with E-state index in [-0.39, 0.29) is 11.7 Å². The van der Waals surface area contributed by atoms with Gasteiger partial charge in [0.15, 0.2) is 10.9 Å². The third-order valence-corrected chi connectivity index (χ3v) is 3.76. The lowest BCUT2D eigenvalue weighted by Crippen LogP contribution is -2.23. The molecule has 0 atom stereocenters. The van der Waals surface area contributed by atoms with E-state index in [1.165, 1.54) is 6.21 Å². The molecule has 0 amide bonds. The van der Waals surface area contributed by atoms with Crippen molar-refractivity contribution in [1.82, 2.24) is 5.43 Å². The van der Waals surface area contributed by atoms with Crippen LogP contribution in [0.3, 0.4) is 0 Å². The molecule has 0 aliphatic carbocycles. The van der Waals surface area contributed by atoms with Gasteiger partial charge < -0.3 is 10.5 Å². The summed E-state index contributed by atoms with van der Waals surface area (Å²) in [6.07, 6.45) is 1.49. The highest BCUT2D eigenvalue weighted by atomic mass is 35.5. The minimum absolute atomic E-state index is 0.0677. The lowest BCUT2D eigenvalue weighted by Gasteiger charge is -2.11. The lowest BCUT2D eigenvalue weighted by molar-refractivity contribution is 0.306. The largest absolute Gasteiger partial charge is 0.486 e. The molecule has 4 nitrogen and oxygen atoms in total. The molecule has 0 heterocycles. The maximum atomic E-state index is 6.21. The monoisotopic (exact) mass is 387 g/mol. The number of nitrogens with one attached hydrogen (secondary N) is 1. The number of nitrogens with two attached hydrogens (primary N) is 1. The van der Waals surface area contributed by atoms with Gasteiger partial charge in [-0.15, -0.1) is 0 Å². The van der Waals surface area contributed by atoms with Gasteiger partial charge in [0.25, 0.3) is 0 Å². The molecule has 2 rings (SSSR count). The standard InChI is InChI=1S/C15H12Cl3N3OS/c16-11-4-2-1-3-10(11)8-22-14-12(17)5-9(6-13(14)18)7-20-21-15(19)23/h1-7H,8H2,(H3,19,21,23)/b20-7-. The van der Waals surface area contributed by atoms with Crippen LogP contribution in [0.2, 0.25) is 15.1 Å². The van der Waals surface area contributed by atoms with Gasteiger partial charge in [-0.1, -0.05) is 53.0 Å². The normalized spacial score (nSPS) is 10.7. The minimum Gasteiger partial charge on any atom is -0.486 e. The van der Waals surface area contributed by atoms with Gasteiger partial charge >= 0.3 is 0 Å². The van der Waals surface area contributed by atoms with Crippen LogP contribution in [0.15, 0.2) is 41.5 Å². The fraction of sp³-hybridized carbons (Fsp3) is 0.0667. The summed E-state index contributed by atoms with van der Waals surface area (Å²) in [4.78, 5) is 0. The second-order valence-corrected chi connectivity index (χ2v) is 6.09. The molecule has 0 fully saturated rings. The first-order valence-electron chi connectivity index (χ1n) is 6.41. The second kappa shape index (κ2) is 8.36. The summed E-state index contributed by atoms with van der Waals surface area (Å²) < 4.78 is 5.68. The van der Waals surface area contributed by atoms with Gasteiger partial charge in [0, 0.05) is 10.6 Å². The van der Waals surface area contributed by atoms with E-state index in [1.807, 2.05) is 18.2 Å². The van der Waals surface area contributed by atoms with E-state index in [9.17, 15) is 0 Å². The number of hydrazone groups is 1. The van der Waals surface area contributed by atoms with Crippen LogP contribution < -0.4 is 15.9 Å². The van der Waals surface area contributed by atoms with Crippen LogP contribution >= 0.6 is 47.0 Å². The van der Waals surface area contributed by atoms with E-state index in [2.05, 4.69) is 22.7 Å². The molecule has 23 heavy (non-hydrogen) atoms. The van der Waals surface area contributed by atoms with Crippen LogP contribution in [-0.4, -0.2) is 11.3 Å². The molecular weight excluding hydrogens is 377 g/mol. The Balaban J connectivity index is 2.13. The Morgan fingerprint density at radius 3 is 2.43 bits per heavy atom. The third-order valence-electron chi connectivity index (χ3n) is 2.74. The van der Waals surface area contributed by atoms with Crippen LogP contribution in [0.4, 0.5) is 0 Å². The highest BCUT2D eigenvalue weighted by molar-refractivity contribution is 7.80. The Hall–Kier alpha value is -1.53. The highest BCUT2D eigenvalue weighted by Crippen LogP contribution is 2.34. The smallest absolute Gasteiger partial charge is 0.184 e. The van der Waals surface area contributed by atoms with Crippen LogP contribution in [0.25, 0.3) is 0 Å². The van der Waals surface area contributed by atoms with Crippen LogP contribution in [-0.2, 0) is 6.61 Å². The maximum absolute atomic E-state index is 6.21. The topological polar surface area (TPSA) is 59.6 Å². The zero-order valence-electron chi connectivity index (χ0n) is 11.7. The average molecular weight is 389 g/mol. The molecule has 0 aliphatic heterocycles. The molecule has 0 aliphatic rings. The van der Waals surface area contributed by atoms with Crippen molar-refractivity contribution in [3.8, 4) is 5.75 Å². The van der Waals surface area contributed by atoms with E-state index >= 15 is 0 Å². The van der Waals surface area contributed by atoms with Crippen molar-refractivity contribution >= 4 is 58.3 Å². The first kappa shape index (κ1) is 17.8. The zero-order chi connectivity index (χ0) is 16.8. The number of thiocarbonyl (C=S) groups is 1. The summed E-state index contributed by atoms with van der Waals surface area (Å²) in [5.74, 6) is 0.382. The van der Waals surface area contributed by atoms with Crippen molar-refractivity contribution in [2.24, 2.45) is 10.8 Å². The predicted molar refractivity (Wildman–Crippen MR) is 99.8 cm³/mol. The van der Waals surface area contributed by atoms with Crippen molar-refractivity contribution in [2.75, 3.05) is 0 Å². The van der Waals surface area contributed by atoms with E-state index in [0.717, 1.165) is 5.56 Å². The summed E-state index contributed by atoms with van der Waals surface area (Å²) in [5, 5.41) is 5.25. The molecule has 0 spiro atoms. The third kappa shape index (κ3) is 5.25. The molecule has 0 saturated heterocycles. The summed E-state index contributed by atoms with van der Waals surface area (Å²) in [6.45, 7) is 0.259. The molecular formula is C15H12Cl3N3OS. The Labute approximate surface area is 154 Å². The fourth-order valence-electron chi connectivity index (χ4n) is 1.73. The first-order chi connectivity index (χ1) is 11.0. The number of hydrogen-bond acceptors (Lipinski definition) is 3. The van der Waals surface area contributed by atoms with Crippen LogP contribution in [0.1, 0.15) is 11.1 Å². The SMILES string of the molecule is NC(=S)N/N=C\c1cc(Cl)c(OCc2ccccc2Cl)c(Cl)c1. The molecule has 3 N–H and O–H groups in total. The number of hydrogen-bond donors (Lipinski definition) is 2. The quantitative estimate of drug-likeness (QED) is 0.453. The average Bonchev–Trinajstić information content (AvgIpc) is 2.48. The van der Waals surface area contributed by atoms with Gasteiger partial charge in [0.1, 0.15) is 6.61 Å². The molecule has 0 aromatic heterocycles. The molecule has 0 saturated carbocycles. The molecule has 0 unspecified atom stereocenters. The van der Waals surface area contributed by atoms with Crippen LogP contribution in [0, 0.1) is 0 Å². The van der Waals surface area contributed by atoms with E-state index in [1.54, 1.807) is 18.2 Å². The second-order valence-electron chi connectivity index (χ2n) is 4.43. The predicted octanol–water partition coefficient (Wildman–Crippen LogP) is 4.39. The molecule has 2 aromatic carbocycles. The molecule has 0 bridgehead atoms. The van der Waals surface area contributed by atoms with Crippen LogP contribution in [0.5, 0.6) is 5.75 Å². The summed E-state index contributed by atoms with van der Waals surface area (Å²) >= 11 is 23.1. The number of benzene rings is 2. The van der Waals surface area contributed by atoms with E-state index in [4.69, 9.17) is 45.3 Å². The molecule has 120 valence electrons. The van der Waals surface area contributed by atoms with E-state index in [0.29, 0.717) is 26.4 Å². The molecule has 2 aromatic rings. The Bertz CT molecular complexity index is 729. The lowest BCUT2D eigenvalue weighted by atomic mass is 10.2. The Kier molecular flexibility index (Phi) is 6.47. The summed E-state index contributed by atoms with van der Waals surface area (Å²) in [7, 11) is 0. The van der Waals surface area contributed by atoms with Crippen molar-refractivity contribution < 1.29 is 4.74 Å². The maximum Gasteiger partial charge on any atom is 0.184 e. The number of nitrogens with zero attached hydrogens (tertiary/aromatic N) is 1. The Morgan fingerprint density at radius 2 is 1.83 bits per heavy atom. The van der Waals surface area contributed by atoms with Gasteiger partial charge in [-0.2, -0.15) is 5.10 Å².